The third-order valence-electron chi connectivity index (χ3n) is 1.94. The molecule has 0 radical (unpaired) electrons. The zero-order valence-corrected chi connectivity index (χ0v) is 10.2. The largest absolute Gasteiger partial charge is 0.439 e. The summed E-state index contributed by atoms with van der Waals surface area (Å²) in [4.78, 5) is 4.07. The van der Waals surface area contributed by atoms with Gasteiger partial charge in [-0.2, -0.15) is 0 Å². The molecular weight excluding hydrogens is 273 g/mol. The fourth-order valence-corrected chi connectivity index (χ4v) is 1.67. The minimum atomic E-state index is -0.350. The maximum atomic E-state index is 13.1. The van der Waals surface area contributed by atoms with Crippen molar-refractivity contribution in [2.45, 2.75) is 6.92 Å². The van der Waals surface area contributed by atoms with Gasteiger partial charge in [-0.15, -0.1) is 0 Å². The van der Waals surface area contributed by atoms with Gasteiger partial charge in [-0.25, -0.2) is 9.37 Å². The monoisotopic (exact) mass is 281 g/mol. The molecule has 4 heteroatoms. The fraction of sp³-hybridized carbons (Fsp3) is 0.0833. The smallest absolute Gasteiger partial charge is 0.219 e. The van der Waals surface area contributed by atoms with Crippen molar-refractivity contribution in [3.63, 3.8) is 0 Å². The van der Waals surface area contributed by atoms with Gasteiger partial charge in [0, 0.05) is 22.8 Å². The van der Waals surface area contributed by atoms with Crippen LogP contribution in [0.25, 0.3) is 0 Å². The lowest BCUT2D eigenvalue weighted by atomic mass is 10.3. The first kappa shape index (κ1) is 11.1. The number of benzene rings is 1. The molecule has 2 aromatic rings. The van der Waals surface area contributed by atoms with E-state index in [1.807, 2.05) is 13.0 Å². The van der Waals surface area contributed by atoms with Crippen molar-refractivity contribution in [3.8, 4) is 11.6 Å². The molecule has 0 saturated heterocycles. The molecule has 0 bridgehead atoms. The predicted molar refractivity (Wildman–Crippen MR) is 63.1 cm³/mol. The zero-order chi connectivity index (χ0) is 11.5. The molecule has 1 aromatic heterocycles. The van der Waals surface area contributed by atoms with E-state index in [9.17, 15) is 4.39 Å². The molecule has 0 aliphatic heterocycles. The average Bonchev–Trinajstić information content (AvgIpc) is 2.20. The van der Waals surface area contributed by atoms with E-state index in [1.165, 1.54) is 12.1 Å². The molecule has 0 fully saturated rings. The number of rotatable bonds is 2. The number of ether oxygens (including phenoxy) is 1. The number of halogens is 2. The summed E-state index contributed by atoms with van der Waals surface area (Å²) >= 11 is 3.20. The van der Waals surface area contributed by atoms with Crippen molar-refractivity contribution in [2.75, 3.05) is 0 Å². The van der Waals surface area contributed by atoms with Gasteiger partial charge >= 0.3 is 0 Å². The van der Waals surface area contributed by atoms with Crippen molar-refractivity contribution in [1.29, 1.82) is 0 Å². The second-order valence-corrected chi connectivity index (χ2v) is 4.30. The Hall–Kier alpha value is -1.42. The van der Waals surface area contributed by atoms with Crippen LogP contribution in [-0.4, -0.2) is 4.98 Å². The topological polar surface area (TPSA) is 22.1 Å². The zero-order valence-electron chi connectivity index (χ0n) is 8.58. The first-order chi connectivity index (χ1) is 7.63. The summed E-state index contributed by atoms with van der Waals surface area (Å²) in [6, 6.07) is 8.00. The van der Waals surface area contributed by atoms with E-state index in [1.54, 1.807) is 18.3 Å². The molecule has 2 nitrogen and oxygen atoms in total. The van der Waals surface area contributed by atoms with Crippen LogP contribution >= 0.6 is 15.9 Å². The Kier molecular flexibility index (Phi) is 3.19. The van der Waals surface area contributed by atoms with Crippen LogP contribution in [0.2, 0.25) is 0 Å². The van der Waals surface area contributed by atoms with Gasteiger partial charge in [-0.3, -0.25) is 0 Å². The van der Waals surface area contributed by atoms with Crippen molar-refractivity contribution in [1.82, 2.24) is 4.98 Å². The number of aromatic nitrogens is 1. The minimum Gasteiger partial charge on any atom is -0.439 e. The molecule has 0 unspecified atom stereocenters. The van der Waals surface area contributed by atoms with Crippen LogP contribution in [0.5, 0.6) is 11.6 Å². The maximum Gasteiger partial charge on any atom is 0.219 e. The Morgan fingerprint density at radius 3 is 2.69 bits per heavy atom. The standard InChI is InChI=1S/C12H9BrFNO/c1-8-2-3-12(15-7-8)16-11-5-9(13)4-10(14)6-11/h2-7H,1H3. The summed E-state index contributed by atoms with van der Waals surface area (Å²) < 4.78 is 19.1. The van der Waals surface area contributed by atoms with Gasteiger partial charge in [0.05, 0.1) is 0 Å². The molecule has 0 amide bonds. The maximum absolute atomic E-state index is 13.1. The quantitative estimate of drug-likeness (QED) is 0.827. The average molecular weight is 282 g/mol. The van der Waals surface area contributed by atoms with Crippen molar-refractivity contribution in [2.24, 2.45) is 0 Å². The van der Waals surface area contributed by atoms with Crippen molar-refractivity contribution in [3.05, 3.63) is 52.4 Å². The summed E-state index contributed by atoms with van der Waals surface area (Å²) in [5, 5.41) is 0. The highest BCUT2D eigenvalue weighted by Gasteiger charge is 2.02. The van der Waals surface area contributed by atoms with E-state index >= 15 is 0 Å². The molecule has 0 spiro atoms. The van der Waals surface area contributed by atoms with Gasteiger partial charge in [0.1, 0.15) is 11.6 Å². The molecule has 0 N–H and O–H groups in total. The summed E-state index contributed by atoms with van der Waals surface area (Å²) in [6.45, 7) is 1.94. The van der Waals surface area contributed by atoms with E-state index in [-0.39, 0.29) is 5.82 Å². The van der Waals surface area contributed by atoms with Crippen molar-refractivity contribution < 1.29 is 9.13 Å². The lowest BCUT2D eigenvalue weighted by Crippen LogP contribution is -1.89. The molecule has 1 aromatic carbocycles. The Morgan fingerprint density at radius 1 is 1.25 bits per heavy atom. The normalized spacial score (nSPS) is 10.2. The fourth-order valence-electron chi connectivity index (χ4n) is 1.22. The third-order valence-corrected chi connectivity index (χ3v) is 2.40. The SMILES string of the molecule is Cc1ccc(Oc2cc(F)cc(Br)c2)nc1. The van der Waals surface area contributed by atoms with E-state index in [2.05, 4.69) is 20.9 Å². The van der Waals surface area contributed by atoms with Crippen LogP contribution in [0.15, 0.2) is 41.0 Å². The highest BCUT2D eigenvalue weighted by atomic mass is 79.9. The summed E-state index contributed by atoms with van der Waals surface area (Å²) in [6.07, 6.45) is 1.70. The lowest BCUT2D eigenvalue weighted by molar-refractivity contribution is 0.457. The van der Waals surface area contributed by atoms with E-state index in [0.717, 1.165) is 5.56 Å². The predicted octanol–water partition coefficient (Wildman–Crippen LogP) is 4.08. The van der Waals surface area contributed by atoms with Crippen LogP contribution in [0.4, 0.5) is 4.39 Å². The van der Waals surface area contributed by atoms with Gasteiger partial charge in [0.2, 0.25) is 5.88 Å². The van der Waals surface area contributed by atoms with Gasteiger partial charge < -0.3 is 4.74 Å². The van der Waals surface area contributed by atoms with Gasteiger partial charge in [-0.1, -0.05) is 22.0 Å². The Labute approximate surface area is 101 Å². The number of hydrogen-bond donors (Lipinski definition) is 0. The first-order valence-electron chi connectivity index (χ1n) is 4.70. The lowest BCUT2D eigenvalue weighted by Gasteiger charge is -2.05. The van der Waals surface area contributed by atoms with Crippen LogP contribution in [0, 0.1) is 12.7 Å². The molecule has 82 valence electrons. The Bertz CT molecular complexity index is 479. The van der Waals surface area contributed by atoms with Gasteiger partial charge in [0.25, 0.3) is 0 Å². The number of nitrogens with zero attached hydrogens (tertiary/aromatic N) is 1. The molecule has 0 aliphatic carbocycles. The van der Waals surface area contributed by atoms with Crippen LogP contribution in [0.1, 0.15) is 5.56 Å². The van der Waals surface area contributed by atoms with Crippen LogP contribution < -0.4 is 4.74 Å². The number of hydrogen-bond acceptors (Lipinski definition) is 2. The van der Waals surface area contributed by atoms with Gasteiger partial charge in [-0.05, 0) is 24.6 Å². The highest BCUT2D eigenvalue weighted by molar-refractivity contribution is 9.10. The first-order valence-corrected chi connectivity index (χ1v) is 5.49. The molecule has 0 saturated carbocycles. The molecule has 0 aliphatic rings. The van der Waals surface area contributed by atoms with Crippen molar-refractivity contribution >= 4 is 15.9 Å². The molecular formula is C12H9BrFNO. The second kappa shape index (κ2) is 4.61. The molecule has 2 rings (SSSR count). The second-order valence-electron chi connectivity index (χ2n) is 3.38. The summed E-state index contributed by atoms with van der Waals surface area (Å²) in [7, 11) is 0. The molecule has 0 atom stereocenters. The number of pyridine rings is 1. The van der Waals surface area contributed by atoms with E-state index in [4.69, 9.17) is 4.74 Å². The Balaban J connectivity index is 2.23. The third kappa shape index (κ3) is 2.79. The summed E-state index contributed by atoms with van der Waals surface area (Å²) in [5.41, 5.74) is 1.05. The van der Waals surface area contributed by atoms with E-state index in [0.29, 0.717) is 16.1 Å². The molecule has 1 heterocycles. The molecule has 16 heavy (non-hydrogen) atoms. The minimum absolute atomic E-state index is 0.350. The summed E-state index contributed by atoms with van der Waals surface area (Å²) in [5.74, 6) is 0.516. The number of aryl methyl sites for hydroxylation is 1. The highest BCUT2D eigenvalue weighted by Crippen LogP contribution is 2.24. The Morgan fingerprint density at radius 2 is 2.06 bits per heavy atom. The van der Waals surface area contributed by atoms with E-state index < -0.39 is 0 Å². The van der Waals surface area contributed by atoms with Gasteiger partial charge in [0.15, 0.2) is 0 Å². The van der Waals surface area contributed by atoms with Crippen LogP contribution in [0.3, 0.4) is 0 Å². The van der Waals surface area contributed by atoms with Crippen LogP contribution in [-0.2, 0) is 0 Å².